The third-order valence-corrected chi connectivity index (χ3v) is 5.76. The number of benzene rings is 1. The smallest absolute Gasteiger partial charge is 0.328 e. The number of carbonyl (C=O) groups is 2. The van der Waals surface area contributed by atoms with Crippen molar-refractivity contribution >= 4 is 21.8 Å². The summed E-state index contributed by atoms with van der Waals surface area (Å²) in [6.07, 6.45) is 2.34. The number of aliphatic carboxylic acids is 2. The van der Waals surface area contributed by atoms with Gasteiger partial charge in [-0.3, -0.25) is 4.98 Å². The van der Waals surface area contributed by atoms with E-state index >= 15 is 0 Å². The molecule has 2 heterocycles. The van der Waals surface area contributed by atoms with Gasteiger partial charge in [0.1, 0.15) is 17.3 Å². The van der Waals surface area contributed by atoms with Crippen LogP contribution in [0.25, 0.3) is 5.69 Å². The van der Waals surface area contributed by atoms with Gasteiger partial charge >= 0.3 is 11.9 Å². The minimum absolute atomic E-state index is 0.0583. The molecule has 3 N–H and O–H groups in total. The number of pyridine rings is 1. The third-order valence-electron chi connectivity index (χ3n) is 4.06. The average molecular weight is 494 g/mol. The molecule has 0 fully saturated rings. The van der Waals surface area contributed by atoms with Gasteiger partial charge in [-0.2, -0.15) is 5.10 Å². The van der Waals surface area contributed by atoms with E-state index in [-0.39, 0.29) is 22.2 Å². The fourth-order valence-electron chi connectivity index (χ4n) is 2.57. The summed E-state index contributed by atoms with van der Waals surface area (Å²) in [5, 5.41) is 22.3. The largest absolute Gasteiger partial charge is 0.478 e. The van der Waals surface area contributed by atoms with Crippen LogP contribution in [0.5, 0.6) is 0 Å². The predicted octanol–water partition coefficient (Wildman–Crippen LogP) is 2.12. The van der Waals surface area contributed by atoms with E-state index in [0.717, 1.165) is 22.9 Å². The monoisotopic (exact) mass is 494 g/mol. The summed E-state index contributed by atoms with van der Waals surface area (Å²) in [7, 11) is -2.37. The number of nitrogens with zero attached hydrogens (tertiary/aromatic N) is 3. The topological polar surface area (TPSA) is 151 Å². The number of hydrogen-bond donors (Lipinski definition) is 3. The summed E-state index contributed by atoms with van der Waals surface area (Å²) in [4.78, 5) is 23.0. The first-order chi connectivity index (χ1) is 15.9. The predicted molar refractivity (Wildman–Crippen MR) is 115 cm³/mol. The van der Waals surface area contributed by atoms with E-state index in [9.17, 15) is 26.8 Å². The second kappa shape index (κ2) is 11.2. The Morgan fingerprint density at radius 1 is 1.09 bits per heavy atom. The van der Waals surface area contributed by atoms with Crippen LogP contribution >= 0.6 is 0 Å². The van der Waals surface area contributed by atoms with E-state index in [1.807, 2.05) is 0 Å². The van der Waals surface area contributed by atoms with E-state index < -0.39 is 33.4 Å². The lowest BCUT2D eigenvalue weighted by molar-refractivity contribution is -0.134. The van der Waals surface area contributed by atoms with Gasteiger partial charge in [0.2, 0.25) is 9.84 Å². The lowest BCUT2D eigenvalue weighted by atomic mass is 10.3. The van der Waals surface area contributed by atoms with Crippen LogP contribution in [0, 0.1) is 18.6 Å². The highest BCUT2D eigenvalue weighted by atomic mass is 32.2. The highest BCUT2D eigenvalue weighted by Crippen LogP contribution is 2.26. The van der Waals surface area contributed by atoms with Crippen LogP contribution in [0.2, 0.25) is 0 Å². The maximum absolute atomic E-state index is 14.2. The normalized spacial score (nSPS) is 11.2. The summed E-state index contributed by atoms with van der Waals surface area (Å²) in [5.41, 5.74) is 0.741. The van der Waals surface area contributed by atoms with Crippen LogP contribution in [-0.2, 0) is 26.0 Å². The summed E-state index contributed by atoms with van der Waals surface area (Å²) in [5.74, 6) is -4.00. The number of nitrogens with one attached hydrogen (secondary N) is 1. The Balaban J connectivity index is 0.000000440. The maximum atomic E-state index is 14.2. The van der Waals surface area contributed by atoms with E-state index in [2.05, 4.69) is 15.4 Å². The van der Waals surface area contributed by atoms with Crippen molar-refractivity contribution in [1.29, 1.82) is 0 Å². The molecule has 180 valence electrons. The molecule has 0 spiro atoms. The van der Waals surface area contributed by atoms with Crippen molar-refractivity contribution in [3.63, 3.8) is 0 Å². The van der Waals surface area contributed by atoms with Crippen molar-refractivity contribution in [2.24, 2.45) is 0 Å². The Morgan fingerprint density at radius 3 is 2.26 bits per heavy atom. The van der Waals surface area contributed by atoms with Gasteiger partial charge < -0.3 is 15.5 Å². The number of hydrogen-bond acceptors (Lipinski definition) is 7. The summed E-state index contributed by atoms with van der Waals surface area (Å²) >= 11 is 0. The molecule has 0 bridgehead atoms. The highest BCUT2D eigenvalue weighted by molar-refractivity contribution is 7.91. The number of aryl methyl sites for hydroxylation is 1. The molecule has 0 aliphatic rings. The molecule has 0 aliphatic heterocycles. The number of rotatable bonds is 7. The minimum atomic E-state index is -4.04. The Labute approximate surface area is 193 Å². The van der Waals surface area contributed by atoms with Crippen molar-refractivity contribution in [3.05, 3.63) is 77.8 Å². The van der Waals surface area contributed by atoms with Gasteiger partial charge in [0.05, 0.1) is 10.6 Å². The van der Waals surface area contributed by atoms with Crippen molar-refractivity contribution in [3.8, 4) is 5.69 Å². The van der Waals surface area contributed by atoms with Gasteiger partial charge in [0.25, 0.3) is 0 Å². The fraction of sp³-hybridized carbons (Fsp3) is 0.143. The average Bonchev–Trinajstić information content (AvgIpc) is 3.19. The second-order valence-electron chi connectivity index (χ2n) is 6.66. The molecule has 3 rings (SSSR count). The molecule has 13 heteroatoms. The number of carboxylic acid groups (broad SMARTS) is 2. The molecule has 0 amide bonds. The third kappa shape index (κ3) is 6.76. The van der Waals surface area contributed by atoms with Crippen molar-refractivity contribution < 1.29 is 37.0 Å². The van der Waals surface area contributed by atoms with Gasteiger partial charge in [-0.15, -0.1) is 0 Å². The molecule has 10 nitrogen and oxygen atoms in total. The minimum Gasteiger partial charge on any atom is -0.478 e. The first kappa shape index (κ1) is 26.3. The van der Waals surface area contributed by atoms with Gasteiger partial charge in [-0.25, -0.2) is 31.5 Å². The van der Waals surface area contributed by atoms with Crippen LogP contribution in [0.3, 0.4) is 0 Å². The van der Waals surface area contributed by atoms with Crippen LogP contribution < -0.4 is 5.32 Å². The van der Waals surface area contributed by atoms with Gasteiger partial charge in [-0.1, -0.05) is 0 Å². The Kier molecular flexibility index (Phi) is 8.70. The summed E-state index contributed by atoms with van der Waals surface area (Å²) < 4.78 is 54.8. The highest BCUT2D eigenvalue weighted by Gasteiger charge is 2.26. The first-order valence-electron chi connectivity index (χ1n) is 9.46. The molecule has 3 aromatic rings. The first-order valence-corrected chi connectivity index (χ1v) is 10.9. The molecule has 0 saturated heterocycles. The summed E-state index contributed by atoms with van der Waals surface area (Å²) in [6.45, 7) is 1.99. The molecule has 34 heavy (non-hydrogen) atoms. The zero-order chi connectivity index (χ0) is 25.5. The molecular weight excluding hydrogens is 474 g/mol. The Bertz CT molecular complexity index is 1310. The summed E-state index contributed by atoms with van der Waals surface area (Å²) in [6, 6.07) is 7.08. The molecule has 0 aliphatic carbocycles. The quantitative estimate of drug-likeness (QED) is 0.419. The number of carboxylic acids is 2. The van der Waals surface area contributed by atoms with Gasteiger partial charge in [0.15, 0.2) is 5.03 Å². The lowest BCUT2D eigenvalue weighted by Crippen LogP contribution is -2.12. The molecule has 1 aromatic carbocycles. The van der Waals surface area contributed by atoms with Crippen LogP contribution in [-0.4, -0.2) is 52.4 Å². The molecule has 0 unspecified atom stereocenters. The maximum Gasteiger partial charge on any atom is 0.328 e. The molecular formula is C21H20F2N4O6S. The van der Waals surface area contributed by atoms with E-state index in [1.165, 1.54) is 18.3 Å². The van der Waals surface area contributed by atoms with Crippen molar-refractivity contribution in [2.45, 2.75) is 23.4 Å². The fourth-order valence-corrected chi connectivity index (χ4v) is 3.90. The molecule has 2 aromatic heterocycles. The van der Waals surface area contributed by atoms with Gasteiger partial charge in [-0.05, 0) is 38.2 Å². The Hall–Kier alpha value is -3.97. The van der Waals surface area contributed by atoms with E-state index in [4.69, 9.17) is 10.2 Å². The second-order valence-corrected chi connectivity index (χ2v) is 8.56. The molecule has 0 atom stereocenters. The van der Waals surface area contributed by atoms with Crippen molar-refractivity contribution in [1.82, 2.24) is 20.1 Å². The van der Waals surface area contributed by atoms with Gasteiger partial charge in [0, 0.05) is 42.7 Å². The van der Waals surface area contributed by atoms with Crippen LogP contribution in [0.1, 0.15) is 11.4 Å². The Morgan fingerprint density at radius 2 is 1.74 bits per heavy atom. The molecule has 0 radical (unpaired) electrons. The zero-order valence-electron chi connectivity index (χ0n) is 17.9. The molecule has 0 saturated carbocycles. The standard InChI is InChI=1S/C17H16F2N4O2S.C4H4O4/c1-11-3-5-14(10-21-11)26(24,25)17-8-13(9-20-2)22-23(17)16-7-12(18)4-6-15(16)19;5-3(6)1-2-4(7)8/h3-8,10,20H,9H2,1-2H3;1-2H,(H,5,6)(H,7,8). The van der Waals surface area contributed by atoms with Crippen LogP contribution in [0.15, 0.2) is 64.7 Å². The zero-order valence-corrected chi connectivity index (χ0v) is 18.8. The van der Waals surface area contributed by atoms with Crippen molar-refractivity contribution in [2.75, 3.05) is 7.05 Å². The van der Waals surface area contributed by atoms with Crippen LogP contribution in [0.4, 0.5) is 8.78 Å². The van der Waals surface area contributed by atoms with E-state index in [1.54, 1.807) is 20.0 Å². The number of halogens is 2. The lowest BCUT2D eigenvalue weighted by Gasteiger charge is -2.09. The van der Waals surface area contributed by atoms with E-state index in [0.29, 0.717) is 23.5 Å². The SMILES string of the molecule is CNCc1cc(S(=O)(=O)c2ccc(C)nc2)n(-c2cc(F)ccc2F)n1.O=C(O)C=CC(=O)O. The number of aromatic nitrogens is 3. The number of sulfone groups is 1.